The molecule has 0 unspecified atom stereocenters. The predicted molar refractivity (Wildman–Crippen MR) is 100.0 cm³/mol. The number of methoxy groups -OCH3 is 1. The Morgan fingerprint density at radius 1 is 1.17 bits per heavy atom. The average Bonchev–Trinajstić information content (AvgIpc) is 2.52. The number of hydrogen-bond acceptors (Lipinski definition) is 3. The van der Waals surface area contributed by atoms with Gasteiger partial charge in [0.2, 0.25) is 0 Å². The quantitative estimate of drug-likeness (QED) is 0.797. The summed E-state index contributed by atoms with van der Waals surface area (Å²) >= 11 is 3.37. The van der Waals surface area contributed by atoms with Crippen LogP contribution in [0.5, 0.6) is 11.5 Å². The largest absolute Gasteiger partial charge is 0.495 e. The second-order valence-electron chi connectivity index (χ2n) is 6.46. The summed E-state index contributed by atoms with van der Waals surface area (Å²) < 4.78 is 11.7. The highest BCUT2D eigenvalue weighted by atomic mass is 79.9. The smallest absolute Gasteiger partial charge is 0.262 e. The molecular formula is C19H22BrNO3. The Morgan fingerprint density at radius 3 is 2.54 bits per heavy atom. The zero-order chi connectivity index (χ0) is 17.7. The van der Waals surface area contributed by atoms with Crippen molar-refractivity contribution in [3.63, 3.8) is 0 Å². The highest BCUT2D eigenvalue weighted by Crippen LogP contribution is 2.31. The monoisotopic (exact) mass is 391 g/mol. The zero-order valence-electron chi connectivity index (χ0n) is 14.4. The predicted octanol–water partition coefficient (Wildman–Crippen LogP) is 4.77. The number of carbonyl (C=O) groups is 1. The van der Waals surface area contributed by atoms with Gasteiger partial charge >= 0.3 is 0 Å². The topological polar surface area (TPSA) is 47.6 Å². The lowest BCUT2D eigenvalue weighted by molar-refractivity contribution is -0.118. The lowest BCUT2D eigenvalue weighted by atomic mass is 9.87. The van der Waals surface area contributed by atoms with Gasteiger partial charge < -0.3 is 14.8 Å². The van der Waals surface area contributed by atoms with Gasteiger partial charge in [0.05, 0.1) is 12.8 Å². The van der Waals surface area contributed by atoms with Crippen molar-refractivity contribution >= 4 is 27.5 Å². The fourth-order valence-electron chi connectivity index (χ4n) is 2.16. The maximum Gasteiger partial charge on any atom is 0.262 e. The third-order valence-corrected chi connectivity index (χ3v) is 4.00. The Morgan fingerprint density at radius 2 is 1.92 bits per heavy atom. The first-order chi connectivity index (χ1) is 11.3. The van der Waals surface area contributed by atoms with Crippen LogP contribution in [0, 0.1) is 0 Å². The number of hydrogen-bond donors (Lipinski definition) is 1. The van der Waals surface area contributed by atoms with Crippen LogP contribution in [0.4, 0.5) is 5.69 Å². The second-order valence-corrected chi connectivity index (χ2v) is 7.37. The molecule has 128 valence electrons. The van der Waals surface area contributed by atoms with Gasteiger partial charge in [-0.25, -0.2) is 0 Å². The molecule has 0 saturated carbocycles. The summed E-state index contributed by atoms with van der Waals surface area (Å²) in [5, 5.41) is 2.86. The van der Waals surface area contributed by atoms with Crippen LogP contribution in [0.1, 0.15) is 26.3 Å². The van der Waals surface area contributed by atoms with Crippen molar-refractivity contribution in [3.05, 3.63) is 52.5 Å². The molecule has 1 N–H and O–H groups in total. The SMILES string of the molecule is COc1ccc(C(C)(C)C)cc1NC(=O)COc1cccc(Br)c1. The van der Waals surface area contributed by atoms with Crippen molar-refractivity contribution in [3.8, 4) is 11.5 Å². The molecule has 0 aliphatic heterocycles. The summed E-state index contributed by atoms with van der Waals surface area (Å²) in [5.41, 5.74) is 1.75. The molecule has 0 saturated heterocycles. The first kappa shape index (κ1) is 18.3. The van der Waals surface area contributed by atoms with E-state index in [-0.39, 0.29) is 17.9 Å². The minimum Gasteiger partial charge on any atom is -0.495 e. The molecule has 0 fully saturated rings. The van der Waals surface area contributed by atoms with Gasteiger partial charge in [-0.3, -0.25) is 4.79 Å². The van der Waals surface area contributed by atoms with E-state index in [1.807, 2.05) is 36.4 Å². The van der Waals surface area contributed by atoms with Gasteiger partial charge in [0, 0.05) is 4.47 Å². The van der Waals surface area contributed by atoms with Crippen molar-refractivity contribution in [1.29, 1.82) is 0 Å². The molecule has 0 atom stereocenters. The van der Waals surface area contributed by atoms with E-state index in [0.717, 1.165) is 10.0 Å². The number of rotatable bonds is 5. The van der Waals surface area contributed by atoms with Gasteiger partial charge in [-0.15, -0.1) is 0 Å². The molecule has 0 aliphatic rings. The van der Waals surface area contributed by atoms with Gasteiger partial charge in [-0.1, -0.05) is 48.8 Å². The van der Waals surface area contributed by atoms with E-state index in [9.17, 15) is 4.79 Å². The lowest BCUT2D eigenvalue weighted by Gasteiger charge is -2.21. The molecule has 24 heavy (non-hydrogen) atoms. The molecule has 0 heterocycles. The fourth-order valence-corrected chi connectivity index (χ4v) is 2.54. The van der Waals surface area contributed by atoms with Crippen LogP contribution in [-0.4, -0.2) is 19.6 Å². The molecule has 0 aromatic heterocycles. The standard InChI is InChI=1S/C19H22BrNO3/c1-19(2,3)13-8-9-17(23-4)16(10-13)21-18(22)12-24-15-7-5-6-14(20)11-15/h5-11H,12H2,1-4H3,(H,21,22). The summed E-state index contributed by atoms with van der Waals surface area (Å²) in [6, 6.07) is 13.2. The molecule has 0 aliphatic carbocycles. The number of ether oxygens (including phenoxy) is 2. The zero-order valence-corrected chi connectivity index (χ0v) is 15.9. The van der Waals surface area contributed by atoms with Crippen LogP contribution < -0.4 is 14.8 Å². The number of benzene rings is 2. The summed E-state index contributed by atoms with van der Waals surface area (Å²) in [6.07, 6.45) is 0. The third-order valence-electron chi connectivity index (χ3n) is 3.51. The molecule has 2 aromatic rings. The van der Waals surface area contributed by atoms with Gasteiger partial charge in [0.15, 0.2) is 6.61 Å². The third kappa shape index (κ3) is 4.99. The van der Waals surface area contributed by atoms with E-state index in [0.29, 0.717) is 17.2 Å². The van der Waals surface area contributed by atoms with Crippen molar-refractivity contribution in [2.75, 3.05) is 19.0 Å². The Balaban J connectivity index is 2.07. The minimum atomic E-state index is -0.237. The summed E-state index contributed by atoms with van der Waals surface area (Å²) in [4.78, 5) is 12.2. The van der Waals surface area contributed by atoms with E-state index < -0.39 is 0 Å². The van der Waals surface area contributed by atoms with Crippen LogP contribution in [0.3, 0.4) is 0 Å². The first-order valence-electron chi connectivity index (χ1n) is 7.66. The molecule has 0 radical (unpaired) electrons. The van der Waals surface area contributed by atoms with Gasteiger partial charge in [0.1, 0.15) is 11.5 Å². The number of carbonyl (C=O) groups excluding carboxylic acids is 1. The van der Waals surface area contributed by atoms with Gasteiger partial charge in [0.25, 0.3) is 5.91 Å². The lowest BCUT2D eigenvalue weighted by Crippen LogP contribution is -2.21. The Hall–Kier alpha value is -2.01. The van der Waals surface area contributed by atoms with Crippen LogP contribution in [0.2, 0.25) is 0 Å². The van der Waals surface area contributed by atoms with E-state index in [1.165, 1.54) is 0 Å². The summed E-state index contributed by atoms with van der Waals surface area (Å²) in [6.45, 7) is 6.30. The summed E-state index contributed by atoms with van der Waals surface area (Å²) in [7, 11) is 1.58. The highest BCUT2D eigenvalue weighted by Gasteiger charge is 2.17. The van der Waals surface area contributed by atoms with Crippen molar-refractivity contribution < 1.29 is 14.3 Å². The van der Waals surface area contributed by atoms with E-state index in [4.69, 9.17) is 9.47 Å². The Bertz CT molecular complexity index is 723. The van der Waals surface area contributed by atoms with E-state index >= 15 is 0 Å². The molecule has 0 bridgehead atoms. The molecule has 1 amide bonds. The van der Waals surface area contributed by atoms with Crippen molar-refractivity contribution in [2.45, 2.75) is 26.2 Å². The number of anilines is 1. The molecule has 5 heteroatoms. The Kier molecular flexibility index (Phi) is 5.89. The van der Waals surface area contributed by atoms with Crippen LogP contribution in [-0.2, 0) is 10.2 Å². The number of nitrogens with one attached hydrogen (secondary N) is 1. The second kappa shape index (κ2) is 7.71. The van der Waals surface area contributed by atoms with Crippen molar-refractivity contribution in [1.82, 2.24) is 0 Å². The molecule has 0 spiro atoms. The van der Waals surface area contributed by atoms with Crippen molar-refractivity contribution in [2.24, 2.45) is 0 Å². The van der Waals surface area contributed by atoms with Crippen LogP contribution >= 0.6 is 15.9 Å². The number of amides is 1. The molecule has 4 nitrogen and oxygen atoms in total. The maximum atomic E-state index is 12.2. The van der Waals surface area contributed by atoms with Crippen LogP contribution in [0.15, 0.2) is 46.9 Å². The number of halogens is 1. The highest BCUT2D eigenvalue weighted by molar-refractivity contribution is 9.10. The van der Waals surface area contributed by atoms with E-state index in [1.54, 1.807) is 13.2 Å². The van der Waals surface area contributed by atoms with E-state index in [2.05, 4.69) is 42.0 Å². The molecule has 2 aromatic carbocycles. The molecular weight excluding hydrogens is 370 g/mol. The van der Waals surface area contributed by atoms with Gasteiger partial charge in [-0.2, -0.15) is 0 Å². The van der Waals surface area contributed by atoms with Gasteiger partial charge in [-0.05, 0) is 41.3 Å². The Labute approximate surface area is 151 Å². The normalized spacial score (nSPS) is 11.0. The fraction of sp³-hybridized carbons (Fsp3) is 0.316. The minimum absolute atomic E-state index is 0.0153. The van der Waals surface area contributed by atoms with Crippen LogP contribution in [0.25, 0.3) is 0 Å². The maximum absolute atomic E-state index is 12.2. The average molecular weight is 392 g/mol. The molecule has 2 rings (SSSR count). The first-order valence-corrected chi connectivity index (χ1v) is 8.45. The summed E-state index contributed by atoms with van der Waals surface area (Å²) in [5.74, 6) is 1.02.